The van der Waals surface area contributed by atoms with E-state index in [2.05, 4.69) is 22.0 Å². The molecule has 24 heavy (non-hydrogen) atoms. The van der Waals surface area contributed by atoms with Crippen molar-refractivity contribution in [3.63, 3.8) is 0 Å². The second-order valence-corrected chi connectivity index (χ2v) is 8.02. The zero-order valence-electron chi connectivity index (χ0n) is 14.3. The highest BCUT2D eigenvalue weighted by atomic mass is 32.1. The Morgan fingerprint density at radius 1 is 1.17 bits per heavy atom. The summed E-state index contributed by atoms with van der Waals surface area (Å²) < 4.78 is 6.45. The Labute approximate surface area is 145 Å². The van der Waals surface area contributed by atoms with Crippen LogP contribution in [0.25, 0.3) is 0 Å². The van der Waals surface area contributed by atoms with Crippen LogP contribution in [0, 0.1) is 20.8 Å². The predicted octanol–water partition coefficient (Wildman–Crippen LogP) is 3.47. The quantitative estimate of drug-likeness (QED) is 0.793. The van der Waals surface area contributed by atoms with Crippen LogP contribution in [0.15, 0.2) is 12.1 Å². The number of benzene rings is 1. The smallest absolute Gasteiger partial charge is 0.208 e. The number of anilines is 1. The number of hydrogen-bond acceptors (Lipinski definition) is 6. The molecule has 0 amide bonds. The predicted molar refractivity (Wildman–Crippen MR) is 94.3 cm³/mol. The summed E-state index contributed by atoms with van der Waals surface area (Å²) in [5.74, 6) is 1.01. The molecule has 0 aliphatic carbocycles. The molecule has 2 aliphatic heterocycles. The van der Waals surface area contributed by atoms with Gasteiger partial charge in [-0.2, -0.15) is 0 Å². The van der Waals surface area contributed by atoms with Crippen LogP contribution in [0.2, 0.25) is 0 Å². The van der Waals surface area contributed by atoms with Gasteiger partial charge in [-0.15, -0.1) is 10.2 Å². The molecule has 1 aromatic heterocycles. The van der Waals surface area contributed by atoms with Gasteiger partial charge < -0.3 is 9.64 Å². The van der Waals surface area contributed by atoms with E-state index < -0.39 is 0 Å². The number of fused-ring (bicyclic) bond motifs is 1. The molecule has 0 saturated carbocycles. The van der Waals surface area contributed by atoms with Gasteiger partial charge in [0.1, 0.15) is 16.4 Å². The van der Waals surface area contributed by atoms with Gasteiger partial charge in [0.15, 0.2) is 5.78 Å². The number of nitrogens with zero attached hydrogens (tertiary/aromatic N) is 3. The standard InChI is InChI=1S/C18H21N3O2S/c1-11-4-5-14-15(22)10-18(23-16(14)12(11)2)6-8-21(9-7-18)17-20-19-13(3)24-17/h4-5H,6-10H2,1-3H3. The van der Waals surface area contributed by atoms with Gasteiger partial charge >= 0.3 is 0 Å². The Bertz CT molecular complexity index is 807. The van der Waals surface area contributed by atoms with Crippen molar-refractivity contribution in [2.45, 2.75) is 45.6 Å². The first-order valence-corrected chi connectivity index (χ1v) is 9.17. The largest absolute Gasteiger partial charge is 0.486 e. The third kappa shape index (κ3) is 2.49. The lowest BCUT2D eigenvalue weighted by molar-refractivity contribution is 0.0225. The molecule has 6 heteroatoms. The second-order valence-electron chi connectivity index (χ2n) is 6.86. The van der Waals surface area contributed by atoms with Gasteiger partial charge in [0.05, 0.1) is 12.0 Å². The molecule has 2 aliphatic rings. The summed E-state index contributed by atoms with van der Waals surface area (Å²) in [6.45, 7) is 7.77. The van der Waals surface area contributed by atoms with Crippen molar-refractivity contribution >= 4 is 22.3 Å². The fourth-order valence-electron chi connectivity index (χ4n) is 3.58. The molecule has 0 bridgehead atoms. The molecule has 1 fully saturated rings. The van der Waals surface area contributed by atoms with E-state index in [9.17, 15) is 4.79 Å². The summed E-state index contributed by atoms with van der Waals surface area (Å²) in [4.78, 5) is 14.9. The first kappa shape index (κ1) is 15.6. The van der Waals surface area contributed by atoms with Gasteiger partial charge in [-0.25, -0.2) is 0 Å². The Kier molecular flexibility index (Phi) is 3.60. The van der Waals surface area contributed by atoms with Crippen molar-refractivity contribution in [3.8, 4) is 5.75 Å². The van der Waals surface area contributed by atoms with Gasteiger partial charge in [0.2, 0.25) is 5.13 Å². The molecule has 1 spiro atoms. The molecule has 0 radical (unpaired) electrons. The van der Waals surface area contributed by atoms with Crippen molar-refractivity contribution in [1.29, 1.82) is 0 Å². The maximum absolute atomic E-state index is 12.7. The summed E-state index contributed by atoms with van der Waals surface area (Å²) in [7, 11) is 0. The Balaban J connectivity index is 1.57. The minimum absolute atomic E-state index is 0.208. The number of rotatable bonds is 1. The fraction of sp³-hybridized carbons (Fsp3) is 0.500. The zero-order chi connectivity index (χ0) is 16.9. The number of hydrogen-bond donors (Lipinski definition) is 0. The number of ketones is 1. The lowest BCUT2D eigenvalue weighted by atomic mass is 9.81. The molecule has 1 aromatic carbocycles. The number of carbonyl (C=O) groups is 1. The number of ether oxygens (including phenoxy) is 1. The minimum atomic E-state index is -0.362. The van der Waals surface area contributed by atoms with Crippen molar-refractivity contribution in [2.24, 2.45) is 0 Å². The van der Waals surface area contributed by atoms with Crippen molar-refractivity contribution < 1.29 is 9.53 Å². The van der Waals surface area contributed by atoms with Crippen LogP contribution < -0.4 is 9.64 Å². The highest BCUT2D eigenvalue weighted by molar-refractivity contribution is 7.15. The van der Waals surface area contributed by atoms with Crippen LogP contribution >= 0.6 is 11.3 Å². The van der Waals surface area contributed by atoms with E-state index in [-0.39, 0.29) is 11.4 Å². The molecule has 0 unspecified atom stereocenters. The van der Waals surface area contributed by atoms with Crippen LogP contribution in [0.1, 0.15) is 45.8 Å². The average Bonchev–Trinajstić information content (AvgIpc) is 2.99. The number of piperidine rings is 1. The SMILES string of the molecule is Cc1nnc(N2CCC3(CC2)CC(=O)c2ccc(C)c(C)c2O3)s1. The number of aromatic nitrogens is 2. The van der Waals surface area contributed by atoms with Crippen molar-refractivity contribution in [1.82, 2.24) is 10.2 Å². The van der Waals surface area contributed by atoms with Crippen molar-refractivity contribution in [3.05, 3.63) is 33.8 Å². The van der Waals surface area contributed by atoms with E-state index >= 15 is 0 Å². The molecule has 4 rings (SSSR count). The van der Waals surface area contributed by atoms with E-state index in [1.54, 1.807) is 11.3 Å². The summed E-state index contributed by atoms with van der Waals surface area (Å²) in [6.07, 6.45) is 2.15. The van der Waals surface area contributed by atoms with Gasteiger partial charge in [0, 0.05) is 25.9 Å². The second kappa shape index (κ2) is 5.55. The monoisotopic (exact) mass is 343 g/mol. The van der Waals surface area contributed by atoms with E-state index in [1.165, 1.54) is 5.56 Å². The topological polar surface area (TPSA) is 55.3 Å². The molecule has 5 nitrogen and oxygen atoms in total. The lowest BCUT2D eigenvalue weighted by Crippen LogP contribution is -2.51. The highest BCUT2D eigenvalue weighted by Gasteiger charge is 2.43. The van der Waals surface area contributed by atoms with Gasteiger partial charge in [-0.3, -0.25) is 4.79 Å². The molecule has 126 valence electrons. The van der Waals surface area contributed by atoms with Crippen LogP contribution in [0.3, 0.4) is 0 Å². The first-order chi connectivity index (χ1) is 11.5. The van der Waals surface area contributed by atoms with Crippen LogP contribution in [-0.4, -0.2) is 34.7 Å². The molecular formula is C18H21N3O2S. The van der Waals surface area contributed by atoms with Gasteiger partial charge in [0.25, 0.3) is 0 Å². The summed E-state index contributed by atoms with van der Waals surface area (Å²) in [6, 6.07) is 3.92. The summed E-state index contributed by atoms with van der Waals surface area (Å²) >= 11 is 1.62. The normalized spacial score (nSPS) is 19.3. The zero-order valence-corrected chi connectivity index (χ0v) is 15.1. The maximum atomic E-state index is 12.7. The molecule has 3 heterocycles. The van der Waals surface area contributed by atoms with E-state index in [0.29, 0.717) is 6.42 Å². The molecule has 2 aromatic rings. The Hall–Kier alpha value is -1.95. The molecular weight excluding hydrogens is 322 g/mol. The molecule has 0 atom stereocenters. The fourth-order valence-corrected chi connectivity index (χ4v) is 4.32. The van der Waals surface area contributed by atoms with Gasteiger partial charge in [-0.1, -0.05) is 17.4 Å². The number of aryl methyl sites for hydroxylation is 2. The minimum Gasteiger partial charge on any atom is -0.486 e. The van der Waals surface area contributed by atoms with Crippen molar-refractivity contribution in [2.75, 3.05) is 18.0 Å². The Morgan fingerprint density at radius 2 is 1.92 bits per heavy atom. The Morgan fingerprint density at radius 3 is 2.58 bits per heavy atom. The van der Waals surface area contributed by atoms with E-state index in [1.807, 2.05) is 26.0 Å². The molecule has 1 saturated heterocycles. The average molecular weight is 343 g/mol. The van der Waals surface area contributed by atoms with E-state index in [4.69, 9.17) is 4.74 Å². The highest BCUT2D eigenvalue weighted by Crippen LogP contribution is 2.42. The third-order valence-corrected chi connectivity index (χ3v) is 6.14. The lowest BCUT2D eigenvalue weighted by Gasteiger charge is -2.44. The van der Waals surface area contributed by atoms with Crippen LogP contribution in [0.5, 0.6) is 5.75 Å². The first-order valence-electron chi connectivity index (χ1n) is 8.35. The number of carbonyl (C=O) groups excluding carboxylic acids is 1. The van der Waals surface area contributed by atoms with Crippen LogP contribution in [-0.2, 0) is 0 Å². The molecule has 0 N–H and O–H groups in total. The summed E-state index contributed by atoms with van der Waals surface area (Å²) in [5, 5.41) is 10.3. The van der Waals surface area contributed by atoms with Crippen LogP contribution in [0.4, 0.5) is 5.13 Å². The number of Topliss-reactive ketones (excluding diaryl/α,β-unsaturated/α-hetero) is 1. The maximum Gasteiger partial charge on any atom is 0.208 e. The summed E-state index contributed by atoms with van der Waals surface area (Å²) in [5.41, 5.74) is 2.63. The van der Waals surface area contributed by atoms with Gasteiger partial charge in [-0.05, 0) is 38.0 Å². The van der Waals surface area contributed by atoms with E-state index in [0.717, 1.165) is 52.9 Å². The third-order valence-electron chi connectivity index (χ3n) is 5.24.